The summed E-state index contributed by atoms with van der Waals surface area (Å²) >= 11 is 12.3. The van der Waals surface area contributed by atoms with Crippen LogP contribution in [0.1, 0.15) is 34.1 Å². The van der Waals surface area contributed by atoms with Gasteiger partial charge in [-0.05, 0) is 55.0 Å². The Bertz CT molecular complexity index is 1470. The lowest BCUT2D eigenvalue weighted by atomic mass is 9.93. The Hall–Kier alpha value is -3.94. The van der Waals surface area contributed by atoms with Crippen molar-refractivity contribution < 1.29 is 24.2 Å². The largest absolute Gasteiger partial charge is 0.493 e. The normalized spacial score (nSPS) is 14.4. The van der Waals surface area contributed by atoms with Gasteiger partial charge in [0.1, 0.15) is 23.1 Å². The molecule has 1 N–H and O–H groups in total. The third-order valence-electron chi connectivity index (χ3n) is 5.97. The maximum absolute atomic E-state index is 12.9. The number of rotatable bonds is 7. The Morgan fingerprint density at radius 3 is 2.51 bits per heavy atom. The second-order valence-corrected chi connectivity index (χ2v) is 9.28. The van der Waals surface area contributed by atoms with E-state index in [1.165, 1.54) is 0 Å². The molecule has 0 fully saturated rings. The summed E-state index contributed by atoms with van der Waals surface area (Å²) in [6, 6.07) is 18.9. The molecular formula is C28H20Cl2N2O5. The van der Waals surface area contributed by atoms with Crippen molar-refractivity contribution in [3.63, 3.8) is 0 Å². The Morgan fingerprint density at radius 1 is 1.03 bits per heavy atom. The van der Waals surface area contributed by atoms with Gasteiger partial charge < -0.3 is 14.6 Å². The molecule has 1 atom stereocenters. The Balaban J connectivity index is 1.28. The van der Waals surface area contributed by atoms with E-state index in [1.54, 1.807) is 60.8 Å². The number of Topliss-reactive ketones (excluding diaryl/α,β-unsaturated/α-hetero) is 1. The van der Waals surface area contributed by atoms with E-state index in [2.05, 4.69) is 9.97 Å². The molecule has 0 saturated heterocycles. The molecule has 37 heavy (non-hydrogen) atoms. The SMILES string of the molecule is O=C(Cc1nccc(-c2ccc(Cl)cc2)n1)c1ccc(Oc2cc3c(cc2Cl)C(C(=O)O)CCO3)cc1. The van der Waals surface area contributed by atoms with Crippen molar-refractivity contribution in [2.75, 3.05) is 6.61 Å². The molecule has 2 heterocycles. The zero-order chi connectivity index (χ0) is 25.9. The van der Waals surface area contributed by atoms with Gasteiger partial charge in [0.25, 0.3) is 0 Å². The average Bonchev–Trinajstić information content (AvgIpc) is 2.89. The van der Waals surface area contributed by atoms with Crippen LogP contribution in [0.2, 0.25) is 10.0 Å². The van der Waals surface area contributed by atoms with Crippen molar-refractivity contribution in [1.82, 2.24) is 9.97 Å². The molecule has 9 heteroatoms. The van der Waals surface area contributed by atoms with Crippen molar-refractivity contribution >= 4 is 35.0 Å². The quantitative estimate of drug-likeness (QED) is 0.266. The molecule has 1 aliphatic heterocycles. The van der Waals surface area contributed by atoms with Crippen molar-refractivity contribution in [3.8, 4) is 28.5 Å². The van der Waals surface area contributed by atoms with Crippen LogP contribution in [-0.2, 0) is 11.2 Å². The number of hydrogen-bond donors (Lipinski definition) is 1. The van der Waals surface area contributed by atoms with Crippen LogP contribution < -0.4 is 9.47 Å². The molecule has 1 aliphatic rings. The fraction of sp³-hybridized carbons (Fsp3) is 0.143. The van der Waals surface area contributed by atoms with E-state index < -0.39 is 11.9 Å². The number of hydrogen-bond acceptors (Lipinski definition) is 6. The average molecular weight is 535 g/mol. The van der Waals surface area contributed by atoms with E-state index in [0.29, 0.717) is 57.9 Å². The minimum Gasteiger partial charge on any atom is -0.493 e. The van der Waals surface area contributed by atoms with Crippen LogP contribution in [0.25, 0.3) is 11.3 Å². The van der Waals surface area contributed by atoms with E-state index in [0.717, 1.165) is 5.56 Å². The zero-order valence-electron chi connectivity index (χ0n) is 19.4. The predicted octanol–water partition coefficient (Wildman–Crippen LogP) is 6.62. The molecule has 186 valence electrons. The number of carboxylic acid groups (broad SMARTS) is 1. The topological polar surface area (TPSA) is 98.6 Å². The number of aromatic nitrogens is 2. The molecule has 0 amide bonds. The standard InChI is InChI=1S/C28H20Cl2N2O5/c29-18-5-1-16(2-6-18)23-9-11-31-27(32-23)14-24(33)17-3-7-19(8-4-17)37-26-15-25-21(13-22(26)30)20(28(34)35)10-12-36-25/h1-9,11,13,15,20H,10,12,14H2,(H,34,35). The van der Waals surface area contributed by atoms with Crippen LogP contribution in [-0.4, -0.2) is 33.4 Å². The summed E-state index contributed by atoms with van der Waals surface area (Å²) in [5, 5.41) is 10.4. The molecule has 0 spiro atoms. The molecule has 4 aromatic rings. The summed E-state index contributed by atoms with van der Waals surface area (Å²) < 4.78 is 11.5. The van der Waals surface area contributed by atoms with Crippen molar-refractivity contribution in [2.24, 2.45) is 0 Å². The molecule has 0 bridgehead atoms. The summed E-state index contributed by atoms with van der Waals surface area (Å²) in [5.41, 5.74) is 2.60. The van der Waals surface area contributed by atoms with Gasteiger partial charge in [0.05, 0.1) is 29.7 Å². The van der Waals surface area contributed by atoms with E-state index >= 15 is 0 Å². The summed E-state index contributed by atoms with van der Waals surface area (Å²) in [7, 11) is 0. The van der Waals surface area contributed by atoms with Crippen molar-refractivity contribution in [1.29, 1.82) is 0 Å². The smallest absolute Gasteiger partial charge is 0.311 e. The van der Waals surface area contributed by atoms with Crippen LogP contribution in [0.4, 0.5) is 0 Å². The van der Waals surface area contributed by atoms with Gasteiger partial charge >= 0.3 is 5.97 Å². The highest BCUT2D eigenvalue weighted by molar-refractivity contribution is 6.32. The minimum absolute atomic E-state index is 0.0420. The number of aliphatic carboxylic acids is 1. The van der Waals surface area contributed by atoms with Gasteiger partial charge in [0, 0.05) is 34.0 Å². The van der Waals surface area contributed by atoms with E-state index in [4.69, 9.17) is 32.7 Å². The van der Waals surface area contributed by atoms with Crippen molar-refractivity contribution in [2.45, 2.75) is 18.8 Å². The Kier molecular flexibility index (Phi) is 7.08. The number of fused-ring (bicyclic) bond motifs is 1. The number of carboxylic acids is 1. The number of ketones is 1. The fourth-order valence-electron chi connectivity index (χ4n) is 4.07. The zero-order valence-corrected chi connectivity index (χ0v) is 20.9. The lowest BCUT2D eigenvalue weighted by molar-refractivity contribution is -0.139. The van der Waals surface area contributed by atoms with Gasteiger partial charge in [-0.3, -0.25) is 9.59 Å². The molecule has 0 aliphatic carbocycles. The molecule has 5 rings (SSSR count). The first-order valence-corrected chi connectivity index (χ1v) is 12.2. The first kappa shape index (κ1) is 24.7. The summed E-state index contributed by atoms with van der Waals surface area (Å²) in [6.45, 7) is 0.300. The van der Waals surface area contributed by atoms with Crippen molar-refractivity contribution in [3.05, 3.63) is 99.9 Å². The van der Waals surface area contributed by atoms with Gasteiger partial charge in [-0.1, -0.05) is 35.3 Å². The van der Waals surface area contributed by atoms with E-state index in [9.17, 15) is 14.7 Å². The van der Waals surface area contributed by atoms with Gasteiger partial charge in [-0.25, -0.2) is 9.97 Å². The van der Waals surface area contributed by atoms with Crippen LogP contribution in [0.15, 0.2) is 72.9 Å². The summed E-state index contributed by atoms with van der Waals surface area (Å²) in [4.78, 5) is 33.1. The monoisotopic (exact) mass is 534 g/mol. The van der Waals surface area contributed by atoms with E-state index in [1.807, 2.05) is 12.1 Å². The van der Waals surface area contributed by atoms with Gasteiger partial charge in [0.15, 0.2) is 5.78 Å². The molecular weight excluding hydrogens is 515 g/mol. The lowest BCUT2D eigenvalue weighted by Crippen LogP contribution is -2.20. The number of halogens is 2. The Labute approximate surface area is 222 Å². The highest BCUT2D eigenvalue weighted by atomic mass is 35.5. The van der Waals surface area contributed by atoms with Crippen LogP contribution in [0, 0.1) is 0 Å². The first-order valence-electron chi connectivity index (χ1n) is 11.5. The number of nitrogens with zero attached hydrogens (tertiary/aromatic N) is 2. The van der Waals surface area contributed by atoms with Crippen LogP contribution in [0.5, 0.6) is 17.2 Å². The van der Waals surface area contributed by atoms with Gasteiger partial charge in [-0.15, -0.1) is 0 Å². The molecule has 3 aromatic carbocycles. The number of ether oxygens (including phenoxy) is 2. The maximum atomic E-state index is 12.9. The number of carbonyl (C=O) groups excluding carboxylic acids is 1. The first-order chi connectivity index (χ1) is 17.9. The van der Waals surface area contributed by atoms with E-state index in [-0.39, 0.29) is 17.2 Å². The molecule has 1 aromatic heterocycles. The van der Waals surface area contributed by atoms with Gasteiger partial charge in [-0.2, -0.15) is 0 Å². The molecule has 0 radical (unpaired) electrons. The second-order valence-electron chi connectivity index (χ2n) is 8.44. The predicted molar refractivity (Wildman–Crippen MR) is 139 cm³/mol. The molecule has 7 nitrogen and oxygen atoms in total. The lowest BCUT2D eigenvalue weighted by Gasteiger charge is -2.24. The fourth-order valence-corrected chi connectivity index (χ4v) is 4.41. The minimum atomic E-state index is -0.920. The highest BCUT2D eigenvalue weighted by Gasteiger charge is 2.29. The third-order valence-corrected chi connectivity index (χ3v) is 6.52. The third kappa shape index (κ3) is 5.58. The van der Waals surface area contributed by atoms with Gasteiger partial charge in [0.2, 0.25) is 0 Å². The Morgan fingerprint density at radius 2 is 1.78 bits per heavy atom. The second kappa shape index (κ2) is 10.6. The molecule has 1 unspecified atom stereocenters. The van der Waals surface area contributed by atoms with Crippen LogP contribution in [0.3, 0.4) is 0 Å². The number of benzene rings is 3. The number of carbonyl (C=O) groups is 2. The highest BCUT2D eigenvalue weighted by Crippen LogP contribution is 2.41. The molecule has 0 saturated carbocycles. The van der Waals surface area contributed by atoms with Crippen LogP contribution >= 0.6 is 23.2 Å². The summed E-state index contributed by atoms with van der Waals surface area (Å²) in [5.74, 6) is -0.0836. The summed E-state index contributed by atoms with van der Waals surface area (Å²) in [6.07, 6.45) is 2.05. The maximum Gasteiger partial charge on any atom is 0.311 e.